The first kappa shape index (κ1) is 14.7. The number of ketones is 1. The molecule has 1 saturated carbocycles. The second kappa shape index (κ2) is 6.67. The molecule has 0 aromatic carbocycles. The highest BCUT2D eigenvalue weighted by atomic mass is 32.1. The summed E-state index contributed by atoms with van der Waals surface area (Å²) in [5.74, 6) is 2.18. The van der Waals surface area contributed by atoms with Crippen molar-refractivity contribution in [3.05, 3.63) is 22.4 Å². The maximum Gasteiger partial charge on any atom is 0.137 e. The molecule has 2 rings (SSSR count). The van der Waals surface area contributed by atoms with Gasteiger partial charge in [0.15, 0.2) is 0 Å². The van der Waals surface area contributed by atoms with E-state index in [1.165, 1.54) is 4.88 Å². The Morgan fingerprint density at radius 3 is 2.89 bits per heavy atom. The second-order valence-corrected chi connectivity index (χ2v) is 7.25. The van der Waals surface area contributed by atoms with Crippen LogP contribution in [0.2, 0.25) is 0 Å². The minimum Gasteiger partial charge on any atom is -0.301 e. The van der Waals surface area contributed by atoms with Crippen LogP contribution in [0.3, 0.4) is 0 Å². The third-order valence-electron chi connectivity index (χ3n) is 4.28. The summed E-state index contributed by atoms with van der Waals surface area (Å²) in [5, 5.41) is 2.11. The van der Waals surface area contributed by atoms with Crippen molar-refractivity contribution in [2.24, 2.45) is 17.8 Å². The largest absolute Gasteiger partial charge is 0.301 e. The second-order valence-electron chi connectivity index (χ2n) is 6.22. The van der Waals surface area contributed by atoms with E-state index in [4.69, 9.17) is 0 Å². The van der Waals surface area contributed by atoms with E-state index in [0.717, 1.165) is 38.3 Å². The van der Waals surface area contributed by atoms with Gasteiger partial charge in [-0.1, -0.05) is 19.9 Å². The van der Waals surface area contributed by atoms with Crippen LogP contribution in [0.25, 0.3) is 0 Å². The van der Waals surface area contributed by atoms with Gasteiger partial charge in [0.05, 0.1) is 0 Å². The molecular weight excluding hydrogens is 254 g/mol. The zero-order valence-electron chi connectivity index (χ0n) is 12.3. The van der Waals surface area contributed by atoms with Gasteiger partial charge in [0, 0.05) is 30.3 Å². The van der Waals surface area contributed by atoms with E-state index in [1.54, 1.807) is 11.3 Å². The normalized spacial score (nSPS) is 24.4. The molecular formula is C16H25NOS. The fraction of sp³-hybridized carbons (Fsp3) is 0.688. The van der Waals surface area contributed by atoms with Crippen LogP contribution in [-0.4, -0.2) is 24.3 Å². The molecule has 2 nitrogen and oxygen atoms in total. The molecule has 1 aromatic rings. The van der Waals surface area contributed by atoms with Crippen LogP contribution in [-0.2, 0) is 11.3 Å². The highest BCUT2D eigenvalue weighted by Gasteiger charge is 2.30. The lowest BCUT2D eigenvalue weighted by Crippen LogP contribution is -2.35. The molecule has 1 aliphatic rings. The lowest BCUT2D eigenvalue weighted by molar-refractivity contribution is -0.126. The molecule has 1 fully saturated rings. The summed E-state index contributed by atoms with van der Waals surface area (Å²) >= 11 is 1.79. The van der Waals surface area contributed by atoms with E-state index in [2.05, 4.69) is 43.3 Å². The molecule has 0 bridgehead atoms. The summed E-state index contributed by atoms with van der Waals surface area (Å²) in [6, 6.07) is 4.26. The molecule has 0 radical (unpaired) electrons. The predicted octanol–water partition coefficient (Wildman–Crippen LogP) is 3.82. The number of carbonyl (C=O) groups excluding carboxylic acids is 1. The van der Waals surface area contributed by atoms with E-state index in [-0.39, 0.29) is 5.92 Å². The number of hydrogen-bond donors (Lipinski definition) is 0. The minimum atomic E-state index is 0.256. The van der Waals surface area contributed by atoms with Gasteiger partial charge < -0.3 is 4.90 Å². The first-order chi connectivity index (χ1) is 9.06. The van der Waals surface area contributed by atoms with Crippen LogP contribution in [0.5, 0.6) is 0 Å². The Bertz CT molecular complexity index is 399. The van der Waals surface area contributed by atoms with Crippen molar-refractivity contribution in [2.75, 3.05) is 13.6 Å². The number of Topliss-reactive ketones (excluding diaryl/α,β-unsaturated/α-hetero) is 1. The van der Waals surface area contributed by atoms with Gasteiger partial charge in [-0.2, -0.15) is 0 Å². The molecule has 2 unspecified atom stereocenters. The van der Waals surface area contributed by atoms with Gasteiger partial charge in [-0.25, -0.2) is 0 Å². The lowest BCUT2D eigenvalue weighted by Gasteiger charge is -2.32. The quantitative estimate of drug-likeness (QED) is 0.816. The number of rotatable bonds is 5. The van der Waals surface area contributed by atoms with Crippen molar-refractivity contribution in [2.45, 2.75) is 39.7 Å². The maximum absolute atomic E-state index is 12.1. The summed E-state index contributed by atoms with van der Waals surface area (Å²) in [7, 11) is 2.13. The van der Waals surface area contributed by atoms with Crippen molar-refractivity contribution in [1.82, 2.24) is 4.90 Å². The fourth-order valence-corrected chi connectivity index (χ4v) is 3.82. The average Bonchev–Trinajstić information content (AvgIpc) is 2.84. The highest BCUT2D eigenvalue weighted by Crippen LogP contribution is 2.32. The molecule has 19 heavy (non-hydrogen) atoms. The smallest absolute Gasteiger partial charge is 0.137 e. The van der Waals surface area contributed by atoms with Crippen molar-refractivity contribution >= 4 is 17.1 Å². The van der Waals surface area contributed by atoms with Crippen LogP contribution >= 0.6 is 11.3 Å². The van der Waals surface area contributed by atoms with Crippen LogP contribution in [0.4, 0.5) is 0 Å². The number of carbonyl (C=O) groups is 1. The number of thiophene rings is 1. The number of hydrogen-bond acceptors (Lipinski definition) is 3. The average molecular weight is 279 g/mol. The SMILES string of the molecule is CC(C)C1CCC(=O)C(CN(C)Cc2cccs2)C1. The Hall–Kier alpha value is -0.670. The van der Waals surface area contributed by atoms with E-state index in [0.29, 0.717) is 11.7 Å². The van der Waals surface area contributed by atoms with Crippen LogP contribution < -0.4 is 0 Å². The Balaban J connectivity index is 1.87. The van der Waals surface area contributed by atoms with Gasteiger partial charge in [-0.3, -0.25) is 4.79 Å². The molecule has 0 amide bonds. The standard InChI is InChI=1S/C16H25NOS/c1-12(2)13-6-7-16(18)14(9-13)10-17(3)11-15-5-4-8-19-15/h4-5,8,12-14H,6-7,9-11H2,1-3H3. The zero-order chi connectivity index (χ0) is 13.8. The third-order valence-corrected chi connectivity index (χ3v) is 5.15. The summed E-state index contributed by atoms with van der Waals surface area (Å²) in [6.07, 6.45) is 2.98. The van der Waals surface area contributed by atoms with Crippen LogP contribution in [0.15, 0.2) is 17.5 Å². The molecule has 1 heterocycles. The Kier molecular flexibility index (Phi) is 5.17. The third kappa shape index (κ3) is 4.15. The topological polar surface area (TPSA) is 20.3 Å². The van der Waals surface area contributed by atoms with Crippen LogP contribution in [0.1, 0.15) is 38.0 Å². The molecule has 1 aromatic heterocycles. The van der Waals surface area contributed by atoms with Gasteiger partial charge in [0.2, 0.25) is 0 Å². The van der Waals surface area contributed by atoms with Gasteiger partial charge in [0.25, 0.3) is 0 Å². The van der Waals surface area contributed by atoms with E-state index in [9.17, 15) is 4.79 Å². The first-order valence-corrected chi connectivity index (χ1v) is 8.18. The first-order valence-electron chi connectivity index (χ1n) is 7.30. The van der Waals surface area contributed by atoms with Gasteiger partial charge in [0.1, 0.15) is 5.78 Å². The molecule has 1 aliphatic carbocycles. The molecule has 0 saturated heterocycles. The summed E-state index contributed by atoms with van der Waals surface area (Å²) < 4.78 is 0. The zero-order valence-corrected chi connectivity index (χ0v) is 13.1. The summed E-state index contributed by atoms with van der Waals surface area (Å²) in [5.41, 5.74) is 0. The molecule has 0 aliphatic heterocycles. The number of nitrogens with zero attached hydrogens (tertiary/aromatic N) is 1. The fourth-order valence-electron chi connectivity index (χ4n) is 3.04. The Labute approximate surface area is 120 Å². The van der Waals surface area contributed by atoms with Gasteiger partial charge >= 0.3 is 0 Å². The van der Waals surface area contributed by atoms with Gasteiger partial charge in [-0.05, 0) is 43.2 Å². The summed E-state index contributed by atoms with van der Waals surface area (Å²) in [6.45, 7) is 6.45. The van der Waals surface area contributed by atoms with E-state index >= 15 is 0 Å². The predicted molar refractivity (Wildman–Crippen MR) is 81.3 cm³/mol. The van der Waals surface area contributed by atoms with Crippen molar-refractivity contribution < 1.29 is 4.79 Å². The van der Waals surface area contributed by atoms with E-state index in [1.807, 2.05) is 0 Å². The summed E-state index contributed by atoms with van der Waals surface area (Å²) in [4.78, 5) is 15.8. The molecule has 106 valence electrons. The maximum atomic E-state index is 12.1. The lowest BCUT2D eigenvalue weighted by atomic mass is 9.75. The van der Waals surface area contributed by atoms with Crippen molar-refractivity contribution in [3.63, 3.8) is 0 Å². The Morgan fingerprint density at radius 1 is 1.47 bits per heavy atom. The molecule has 2 atom stereocenters. The van der Waals surface area contributed by atoms with Crippen LogP contribution in [0, 0.1) is 17.8 Å². The highest BCUT2D eigenvalue weighted by molar-refractivity contribution is 7.09. The molecule has 3 heteroatoms. The van der Waals surface area contributed by atoms with Crippen molar-refractivity contribution in [1.29, 1.82) is 0 Å². The molecule has 0 N–H and O–H groups in total. The van der Waals surface area contributed by atoms with Gasteiger partial charge in [-0.15, -0.1) is 11.3 Å². The monoisotopic (exact) mass is 279 g/mol. The van der Waals surface area contributed by atoms with E-state index < -0.39 is 0 Å². The van der Waals surface area contributed by atoms with Crippen molar-refractivity contribution in [3.8, 4) is 0 Å². The Morgan fingerprint density at radius 2 is 2.26 bits per heavy atom. The minimum absolute atomic E-state index is 0.256. The molecule has 0 spiro atoms.